The highest BCUT2D eigenvalue weighted by atomic mass is 127. The smallest absolute Gasteiger partial charge is 0.191 e. The molecule has 0 amide bonds. The third-order valence-electron chi connectivity index (χ3n) is 3.52. The summed E-state index contributed by atoms with van der Waals surface area (Å²) in [5, 5.41) is 6.45. The van der Waals surface area contributed by atoms with Crippen molar-refractivity contribution >= 4 is 45.5 Å². The highest BCUT2D eigenvalue weighted by Gasteiger charge is 2.09. The molecule has 1 atom stereocenters. The Bertz CT molecular complexity index is 631. The maximum atomic E-state index is 11.3. The standard InChI is InChI=1S/C17H30N4O2S.HI/c1-6-18-17(20-14(2)11-12-24(5,22)23)19-13-15-7-9-16(10-8-15)21(3)4;/h7-10,14H,6,11-13H2,1-5H3,(H2,18,19,20);1H. The molecule has 1 aromatic carbocycles. The van der Waals surface area contributed by atoms with Crippen LogP contribution in [-0.2, 0) is 16.4 Å². The van der Waals surface area contributed by atoms with Gasteiger partial charge in [0.2, 0.25) is 0 Å². The number of benzene rings is 1. The number of nitrogens with zero attached hydrogens (tertiary/aromatic N) is 2. The number of guanidine groups is 1. The van der Waals surface area contributed by atoms with Gasteiger partial charge in [0.15, 0.2) is 5.96 Å². The van der Waals surface area contributed by atoms with Gasteiger partial charge in [0.25, 0.3) is 0 Å². The molecule has 1 unspecified atom stereocenters. The average Bonchev–Trinajstić information content (AvgIpc) is 2.50. The van der Waals surface area contributed by atoms with Crippen molar-refractivity contribution in [3.05, 3.63) is 29.8 Å². The molecule has 0 saturated heterocycles. The van der Waals surface area contributed by atoms with Crippen molar-refractivity contribution in [3.8, 4) is 0 Å². The van der Waals surface area contributed by atoms with Crippen LogP contribution in [0.4, 0.5) is 5.69 Å². The van der Waals surface area contributed by atoms with E-state index >= 15 is 0 Å². The molecule has 25 heavy (non-hydrogen) atoms. The van der Waals surface area contributed by atoms with Crippen LogP contribution in [-0.4, -0.2) is 53.1 Å². The zero-order valence-corrected chi connectivity index (χ0v) is 18.9. The molecule has 144 valence electrons. The summed E-state index contributed by atoms with van der Waals surface area (Å²) in [6.07, 6.45) is 1.82. The number of hydrogen-bond acceptors (Lipinski definition) is 4. The van der Waals surface area contributed by atoms with Gasteiger partial charge < -0.3 is 15.5 Å². The van der Waals surface area contributed by atoms with Gasteiger partial charge >= 0.3 is 0 Å². The van der Waals surface area contributed by atoms with Crippen LogP contribution in [0.1, 0.15) is 25.8 Å². The summed E-state index contributed by atoms with van der Waals surface area (Å²) in [6, 6.07) is 8.30. The van der Waals surface area contributed by atoms with Gasteiger partial charge in [0.1, 0.15) is 9.84 Å². The van der Waals surface area contributed by atoms with Crippen LogP contribution in [0, 0.1) is 0 Å². The molecule has 0 aliphatic heterocycles. The van der Waals surface area contributed by atoms with E-state index in [9.17, 15) is 8.42 Å². The molecule has 1 rings (SSSR count). The van der Waals surface area contributed by atoms with E-state index in [1.54, 1.807) is 0 Å². The Morgan fingerprint density at radius 1 is 1.24 bits per heavy atom. The summed E-state index contributed by atoms with van der Waals surface area (Å²) in [5.41, 5.74) is 2.28. The predicted octanol–water partition coefficient (Wildman–Crippen LogP) is 2.25. The Kier molecular flexibility index (Phi) is 11.1. The molecular weight excluding hydrogens is 451 g/mol. The molecule has 0 fully saturated rings. The summed E-state index contributed by atoms with van der Waals surface area (Å²) in [4.78, 5) is 6.63. The summed E-state index contributed by atoms with van der Waals surface area (Å²) in [7, 11) is 1.09. The van der Waals surface area contributed by atoms with Gasteiger partial charge in [-0.1, -0.05) is 12.1 Å². The van der Waals surface area contributed by atoms with E-state index in [0.717, 1.165) is 17.8 Å². The average molecular weight is 482 g/mol. The molecule has 0 radical (unpaired) electrons. The van der Waals surface area contributed by atoms with Crippen LogP contribution in [0.5, 0.6) is 0 Å². The summed E-state index contributed by atoms with van der Waals surface area (Å²) in [6.45, 7) is 5.29. The SMILES string of the molecule is CCNC(=NCc1ccc(N(C)C)cc1)NC(C)CCS(C)(=O)=O.I. The zero-order chi connectivity index (χ0) is 18.2. The van der Waals surface area contributed by atoms with Crippen LogP contribution in [0.15, 0.2) is 29.3 Å². The normalized spacial score (nSPS) is 12.9. The minimum absolute atomic E-state index is 0. The number of sulfone groups is 1. The van der Waals surface area contributed by atoms with Crippen LogP contribution in [0.25, 0.3) is 0 Å². The number of hydrogen-bond donors (Lipinski definition) is 2. The molecule has 0 heterocycles. The molecule has 1 aromatic rings. The van der Waals surface area contributed by atoms with Gasteiger partial charge in [0.05, 0.1) is 12.3 Å². The van der Waals surface area contributed by atoms with Crippen molar-refractivity contribution in [2.45, 2.75) is 32.9 Å². The van der Waals surface area contributed by atoms with Gasteiger partial charge in [0, 0.05) is 38.6 Å². The topological polar surface area (TPSA) is 73.8 Å². The van der Waals surface area contributed by atoms with E-state index in [2.05, 4.69) is 44.8 Å². The summed E-state index contributed by atoms with van der Waals surface area (Å²) in [5.74, 6) is 0.877. The predicted molar refractivity (Wildman–Crippen MR) is 118 cm³/mol. The third kappa shape index (κ3) is 10.5. The monoisotopic (exact) mass is 482 g/mol. The second kappa shape index (κ2) is 11.6. The van der Waals surface area contributed by atoms with E-state index in [1.165, 1.54) is 6.26 Å². The van der Waals surface area contributed by atoms with Crippen molar-refractivity contribution < 1.29 is 8.42 Å². The van der Waals surface area contributed by atoms with Crippen molar-refractivity contribution in [1.82, 2.24) is 10.6 Å². The van der Waals surface area contributed by atoms with Crippen LogP contribution in [0.3, 0.4) is 0 Å². The molecule has 0 saturated carbocycles. The van der Waals surface area contributed by atoms with Gasteiger partial charge in [-0.2, -0.15) is 0 Å². The summed E-state index contributed by atoms with van der Waals surface area (Å²) < 4.78 is 22.5. The molecule has 6 nitrogen and oxygen atoms in total. The van der Waals surface area contributed by atoms with E-state index in [4.69, 9.17) is 0 Å². The molecule has 0 spiro atoms. The lowest BCUT2D eigenvalue weighted by atomic mass is 10.2. The number of rotatable bonds is 8. The fourth-order valence-corrected chi connectivity index (χ4v) is 2.87. The highest BCUT2D eigenvalue weighted by molar-refractivity contribution is 14.0. The first kappa shape index (κ1) is 24.0. The summed E-state index contributed by atoms with van der Waals surface area (Å²) >= 11 is 0. The van der Waals surface area contributed by atoms with E-state index in [-0.39, 0.29) is 35.8 Å². The van der Waals surface area contributed by atoms with Crippen LogP contribution < -0.4 is 15.5 Å². The Balaban J connectivity index is 0.00000576. The fourth-order valence-electron chi connectivity index (χ4n) is 2.09. The lowest BCUT2D eigenvalue weighted by molar-refractivity contribution is 0.581. The van der Waals surface area contributed by atoms with Crippen molar-refractivity contribution in [3.63, 3.8) is 0 Å². The molecule has 8 heteroatoms. The van der Waals surface area contributed by atoms with E-state index < -0.39 is 9.84 Å². The third-order valence-corrected chi connectivity index (χ3v) is 4.50. The molecule has 0 aliphatic rings. The number of halogens is 1. The molecule has 0 aliphatic carbocycles. The Hall–Kier alpha value is -1.03. The number of aliphatic imine (C=N–C) groups is 1. The molecule has 0 bridgehead atoms. The first-order valence-electron chi connectivity index (χ1n) is 8.20. The van der Waals surface area contributed by atoms with Crippen molar-refractivity contribution in [2.24, 2.45) is 4.99 Å². The fraction of sp³-hybridized carbons (Fsp3) is 0.588. The van der Waals surface area contributed by atoms with Crippen LogP contribution in [0.2, 0.25) is 0 Å². The maximum Gasteiger partial charge on any atom is 0.191 e. The van der Waals surface area contributed by atoms with Gasteiger partial charge in [-0.15, -0.1) is 24.0 Å². The maximum absolute atomic E-state index is 11.3. The second-order valence-corrected chi connectivity index (χ2v) is 8.48. The molecular formula is C17H31IN4O2S. The quantitative estimate of drug-likeness (QED) is 0.338. The largest absolute Gasteiger partial charge is 0.378 e. The van der Waals surface area contributed by atoms with E-state index in [1.807, 2.05) is 27.9 Å². The lowest BCUT2D eigenvalue weighted by Crippen LogP contribution is -2.42. The lowest BCUT2D eigenvalue weighted by Gasteiger charge is -2.17. The van der Waals surface area contributed by atoms with Crippen molar-refractivity contribution in [1.29, 1.82) is 0 Å². The first-order chi connectivity index (χ1) is 11.2. The minimum atomic E-state index is -2.94. The number of anilines is 1. The highest BCUT2D eigenvalue weighted by Crippen LogP contribution is 2.12. The molecule has 0 aromatic heterocycles. The van der Waals surface area contributed by atoms with Crippen molar-refractivity contribution in [2.75, 3.05) is 37.5 Å². The van der Waals surface area contributed by atoms with Gasteiger partial charge in [-0.05, 0) is 38.0 Å². The minimum Gasteiger partial charge on any atom is -0.378 e. The van der Waals surface area contributed by atoms with Crippen LogP contribution >= 0.6 is 24.0 Å². The zero-order valence-electron chi connectivity index (χ0n) is 15.7. The Morgan fingerprint density at radius 3 is 2.32 bits per heavy atom. The van der Waals surface area contributed by atoms with E-state index in [0.29, 0.717) is 18.9 Å². The number of nitrogens with one attached hydrogen (secondary N) is 2. The first-order valence-corrected chi connectivity index (χ1v) is 10.3. The van der Waals surface area contributed by atoms with Gasteiger partial charge in [-0.3, -0.25) is 0 Å². The Labute approximate surface area is 169 Å². The Morgan fingerprint density at radius 2 is 1.84 bits per heavy atom. The second-order valence-electron chi connectivity index (χ2n) is 6.22. The molecule has 2 N–H and O–H groups in total. The van der Waals surface area contributed by atoms with Gasteiger partial charge in [-0.25, -0.2) is 13.4 Å².